The van der Waals surface area contributed by atoms with E-state index in [0.717, 1.165) is 0 Å². The van der Waals surface area contributed by atoms with Gasteiger partial charge in [-0.25, -0.2) is 13.8 Å². The summed E-state index contributed by atoms with van der Waals surface area (Å²) >= 11 is 5.90. The molecule has 0 spiro atoms. The van der Waals surface area contributed by atoms with Crippen molar-refractivity contribution < 1.29 is 13.6 Å². The fourth-order valence-electron chi connectivity index (χ4n) is 1.60. The maximum Gasteiger partial charge on any atom is 0.255 e. The number of alkyl halides is 2. The van der Waals surface area contributed by atoms with E-state index in [1.807, 2.05) is 0 Å². The van der Waals surface area contributed by atoms with Crippen LogP contribution in [0, 0.1) is 0 Å². The third kappa shape index (κ3) is 2.56. The number of benzene rings is 1. The van der Waals surface area contributed by atoms with Gasteiger partial charge in [0.2, 0.25) is 0 Å². The number of carbonyl (C=O) groups is 1. The van der Waals surface area contributed by atoms with Crippen LogP contribution in [0.1, 0.15) is 10.4 Å². The summed E-state index contributed by atoms with van der Waals surface area (Å²) in [6, 6.07) is 6.91. The zero-order valence-electron chi connectivity index (χ0n) is 9.16. The lowest BCUT2D eigenvalue weighted by atomic mass is 10.1. The first kappa shape index (κ1) is 12.7. The number of nitrogens with one attached hydrogen (secondary N) is 1. The summed E-state index contributed by atoms with van der Waals surface area (Å²) in [7, 11) is 0. The Kier molecular flexibility index (Phi) is 3.72. The van der Waals surface area contributed by atoms with Crippen LogP contribution in [0.5, 0.6) is 0 Å². The van der Waals surface area contributed by atoms with E-state index >= 15 is 0 Å². The van der Waals surface area contributed by atoms with E-state index in [1.165, 1.54) is 6.20 Å². The molecular formula is C12H9ClF2N2O. The molecule has 2 aromatic rings. The molecule has 0 aliphatic carbocycles. The second kappa shape index (κ2) is 5.27. The highest BCUT2D eigenvalue weighted by Crippen LogP contribution is 2.23. The molecule has 1 amide bonds. The first-order valence-corrected chi connectivity index (χ1v) is 5.57. The third-order valence-electron chi connectivity index (χ3n) is 2.41. The molecule has 18 heavy (non-hydrogen) atoms. The van der Waals surface area contributed by atoms with E-state index < -0.39 is 18.9 Å². The van der Waals surface area contributed by atoms with Gasteiger partial charge in [-0.15, -0.1) is 0 Å². The molecule has 0 radical (unpaired) electrons. The lowest BCUT2D eigenvalue weighted by Crippen LogP contribution is -2.28. The Labute approximate surface area is 107 Å². The van der Waals surface area contributed by atoms with Gasteiger partial charge in [-0.1, -0.05) is 35.9 Å². The van der Waals surface area contributed by atoms with Gasteiger partial charge in [-0.05, 0) is 5.39 Å². The van der Waals surface area contributed by atoms with Gasteiger partial charge < -0.3 is 5.32 Å². The Bertz CT molecular complexity index is 589. The van der Waals surface area contributed by atoms with Gasteiger partial charge in [0.1, 0.15) is 5.15 Å². The van der Waals surface area contributed by atoms with Crippen molar-refractivity contribution in [3.63, 3.8) is 0 Å². The lowest BCUT2D eigenvalue weighted by Gasteiger charge is -2.08. The number of halogens is 3. The summed E-state index contributed by atoms with van der Waals surface area (Å²) in [4.78, 5) is 15.6. The molecule has 1 aromatic heterocycles. The van der Waals surface area contributed by atoms with Crippen molar-refractivity contribution in [3.05, 3.63) is 41.2 Å². The zero-order valence-corrected chi connectivity index (χ0v) is 9.92. The average molecular weight is 271 g/mol. The number of hydrogen-bond acceptors (Lipinski definition) is 2. The summed E-state index contributed by atoms with van der Waals surface area (Å²) in [6.07, 6.45) is -1.30. The first-order chi connectivity index (χ1) is 8.59. The average Bonchev–Trinajstić information content (AvgIpc) is 2.37. The highest BCUT2D eigenvalue weighted by molar-refractivity contribution is 6.34. The Balaban J connectivity index is 2.39. The molecule has 0 aliphatic rings. The van der Waals surface area contributed by atoms with Crippen LogP contribution in [0.2, 0.25) is 5.15 Å². The van der Waals surface area contributed by atoms with E-state index in [-0.39, 0.29) is 10.7 Å². The molecule has 0 saturated heterocycles. The topological polar surface area (TPSA) is 42.0 Å². The molecule has 0 aliphatic heterocycles. The van der Waals surface area contributed by atoms with Crippen LogP contribution >= 0.6 is 11.6 Å². The molecule has 1 N–H and O–H groups in total. The van der Waals surface area contributed by atoms with Crippen LogP contribution in [-0.2, 0) is 0 Å². The number of hydrogen-bond donors (Lipinski definition) is 1. The fourth-order valence-corrected chi connectivity index (χ4v) is 1.82. The van der Waals surface area contributed by atoms with E-state index in [2.05, 4.69) is 10.3 Å². The van der Waals surface area contributed by atoms with Crippen molar-refractivity contribution in [2.45, 2.75) is 6.43 Å². The molecule has 0 fully saturated rings. The van der Waals surface area contributed by atoms with Gasteiger partial charge in [-0.3, -0.25) is 4.79 Å². The van der Waals surface area contributed by atoms with Crippen molar-refractivity contribution in [2.24, 2.45) is 0 Å². The van der Waals surface area contributed by atoms with Crippen molar-refractivity contribution >= 4 is 28.3 Å². The SMILES string of the molecule is O=C(NCC(F)F)c1cnc(Cl)c2ccccc12. The predicted molar refractivity (Wildman–Crippen MR) is 65.1 cm³/mol. The molecule has 0 atom stereocenters. The Hall–Kier alpha value is -1.75. The second-order valence-electron chi connectivity index (χ2n) is 3.61. The Morgan fingerprint density at radius 2 is 2.00 bits per heavy atom. The number of nitrogens with zero attached hydrogens (tertiary/aromatic N) is 1. The summed E-state index contributed by atoms with van der Waals surface area (Å²) in [5.41, 5.74) is 0.232. The van der Waals surface area contributed by atoms with E-state index in [0.29, 0.717) is 10.8 Å². The molecular weight excluding hydrogens is 262 g/mol. The summed E-state index contributed by atoms with van der Waals surface area (Å²) in [6.45, 7) is -0.685. The van der Waals surface area contributed by atoms with Crippen LogP contribution in [0.15, 0.2) is 30.5 Å². The normalized spacial score (nSPS) is 10.9. The van der Waals surface area contributed by atoms with Crippen LogP contribution in [0.4, 0.5) is 8.78 Å². The zero-order chi connectivity index (χ0) is 13.1. The maximum atomic E-state index is 12.0. The van der Waals surface area contributed by atoms with Crippen molar-refractivity contribution in [1.82, 2.24) is 10.3 Å². The first-order valence-electron chi connectivity index (χ1n) is 5.19. The van der Waals surface area contributed by atoms with Gasteiger partial charge in [0.05, 0.1) is 12.1 Å². The number of pyridine rings is 1. The number of rotatable bonds is 3. The van der Waals surface area contributed by atoms with Crippen molar-refractivity contribution in [2.75, 3.05) is 6.54 Å². The minimum Gasteiger partial charge on any atom is -0.346 e. The summed E-state index contributed by atoms with van der Waals surface area (Å²) in [5.74, 6) is -0.587. The summed E-state index contributed by atoms with van der Waals surface area (Å²) < 4.78 is 24.1. The number of carbonyl (C=O) groups excluding carboxylic acids is 1. The van der Waals surface area contributed by atoms with E-state index in [4.69, 9.17) is 11.6 Å². The van der Waals surface area contributed by atoms with Crippen molar-refractivity contribution in [3.8, 4) is 0 Å². The number of fused-ring (bicyclic) bond motifs is 1. The van der Waals surface area contributed by atoms with Crippen LogP contribution < -0.4 is 5.32 Å². The molecule has 0 unspecified atom stereocenters. The molecule has 0 saturated carbocycles. The van der Waals surface area contributed by atoms with Crippen LogP contribution in [-0.4, -0.2) is 23.9 Å². The molecule has 0 bridgehead atoms. The van der Waals surface area contributed by atoms with Gasteiger partial charge in [-0.2, -0.15) is 0 Å². The molecule has 3 nitrogen and oxygen atoms in total. The van der Waals surface area contributed by atoms with Crippen LogP contribution in [0.25, 0.3) is 10.8 Å². The molecule has 1 heterocycles. The monoisotopic (exact) mass is 270 g/mol. The second-order valence-corrected chi connectivity index (χ2v) is 3.97. The highest BCUT2D eigenvalue weighted by Gasteiger charge is 2.13. The van der Waals surface area contributed by atoms with Crippen molar-refractivity contribution in [1.29, 1.82) is 0 Å². The fraction of sp³-hybridized carbons (Fsp3) is 0.167. The largest absolute Gasteiger partial charge is 0.346 e. The van der Waals surface area contributed by atoms with Gasteiger partial charge in [0.15, 0.2) is 0 Å². The molecule has 6 heteroatoms. The number of amides is 1. The van der Waals surface area contributed by atoms with E-state index in [9.17, 15) is 13.6 Å². The lowest BCUT2D eigenvalue weighted by molar-refractivity contribution is 0.0893. The minimum absolute atomic E-state index is 0.232. The standard InChI is InChI=1S/C12H9ClF2N2O/c13-11-8-4-2-1-3-7(8)9(5-16-11)12(18)17-6-10(14)15/h1-5,10H,6H2,(H,17,18). The molecule has 2 rings (SSSR count). The summed E-state index contributed by atoms with van der Waals surface area (Å²) in [5, 5.41) is 3.61. The molecule has 1 aromatic carbocycles. The molecule has 94 valence electrons. The third-order valence-corrected chi connectivity index (χ3v) is 2.71. The maximum absolute atomic E-state index is 12.0. The predicted octanol–water partition coefficient (Wildman–Crippen LogP) is 2.88. The highest BCUT2D eigenvalue weighted by atomic mass is 35.5. The van der Waals surface area contributed by atoms with Crippen LogP contribution in [0.3, 0.4) is 0 Å². The quantitative estimate of drug-likeness (QED) is 0.872. The Morgan fingerprint density at radius 3 is 2.67 bits per heavy atom. The van der Waals surface area contributed by atoms with Gasteiger partial charge >= 0.3 is 0 Å². The van der Waals surface area contributed by atoms with E-state index in [1.54, 1.807) is 24.3 Å². The Morgan fingerprint density at radius 1 is 1.33 bits per heavy atom. The smallest absolute Gasteiger partial charge is 0.255 e. The van der Waals surface area contributed by atoms with Gasteiger partial charge in [0, 0.05) is 11.6 Å². The minimum atomic E-state index is -2.58. The van der Waals surface area contributed by atoms with Gasteiger partial charge in [0.25, 0.3) is 12.3 Å². The number of aromatic nitrogens is 1.